The van der Waals surface area contributed by atoms with E-state index in [0.29, 0.717) is 19.0 Å². The highest BCUT2D eigenvalue weighted by atomic mass is 16.7. The Kier molecular flexibility index (Phi) is 1.24. The van der Waals surface area contributed by atoms with Gasteiger partial charge in [-0.05, 0) is 0 Å². The first kappa shape index (κ1) is 8.03. The number of fused-ring (bicyclic) bond motifs is 8. The number of nitrogens with one attached hydrogen (secondary N) is 1. The number of aliphatic hydroxyl groups is 1. The predicted molar refractivity (Wildman–Crippen MR) is 46.9 cm³/mol. The molecule has 0 aromatic carbocycles. The molecule has 2 N–H and O–H groups in total. The number of nitrogens with zero attached hydrogens (tertiary/aromatic N) is 3. The normalized spacial score (nSPS) is 46.1. The summed E-state index contributed by atoms with van der Waals surface area (Å²) >= 11 is 0. The molecule has 0 radical (unpaired) electrons. The zero-order valence-corrected chi connectivity index (χ0v) is 7.83. The van der Waals surface area contributed by atoms with Crippen molar-refractivity contribution in [2.24, 2.45) is 0 Å². The van der Waals surface area contributed by atoms with E-state index in [1.165, 1.54) is 6.33 Å². The Morgan fingerprint density at radius 3 is 3.53 bits per heavy atom. The van der Waals surface area contributed by atoms with Crippen LogP contribution < -0.4 is 5.32 Å². The van der Waals surface area contributed by atoms with Gasteiger partial charge in [-0.15, -0.1) is 0 Å². The van der Waals surface area contributed by atoms with Crippen LogP contribution in [0.15, 0.2) is 6.33 Å². The lowest BCUT2D eigenvalue weighted by atomic mass is 9.95. The molecule has 4 bridgehead atoms. The summed E-state index contributed by atoms with van der Waals surface area (Å²) in [4.78, 5) is 4.05. The molecule has 3 aliphatic heterocycles. The molecular weight excluding hydrogens is 200 g/mol. The van der Waals surface area contributed by atoms with E-state index in [4.69, 9.17) is 9.47 Å². The van der Waals surface area contributed by atoms with Crippen molar-refractivity contribution in [2.75, 3.05) is 11.9 Å². The van der Waals surface area contributed by atoms with Crippen molar-refractivity contribution in [3.63, 3.8) is 0 Å². The third-order valence-corrected chi connectivity index (χ3v) is 3.27. The minimum atomic E-state index is -1.17. The van der Waals surface area contributed by atoms with Crippen LogP contribution in [0, 0.1) is 0 Å². The Hall–Kier alpha value is -1.18. The average molecular weight is 210 g/mol. The van der Waals surface area contributed by atoms with Crippen LogP contribution in [-0.2, 0) is 9.47 Å². The number of hydrogen-bond donors (Lipinski definition) is 2. The molecule has 0 amide bonds. The molecule has 2 saturated heterocycles. The van der Waals surface area contributed by atoms with Gasteiger partial charge in [-0.1, -0.05) is 0 Å². The highest BCUT2D eigenvalue weighted by Crippen LogP contribution is 2.44. The lowest BCUT2D eigenvalue weighted by Crippen LogP contribution is -2.58. The summed E-state index contributed by atoms with van der Waals surface area (Å²) in [5, 5.41) is 17.3. The summed E-state index contributed by atoms with van der Waals surface area (Å²) in [7, 11) is 0. The van der Waals surface area contributed by atoms with Crippen LogP contribution in [0.1, 0.15) is 12.5 Å². The SMILES string of the molecule is O[C@]12C[C@@H]([C@@H]3CO[C@@H]1O3)n1ncnc1N2. The van der Waals surface area contributed by atoms with Gasteiger partial charge in [0.25, 0.3) is 0 Å². The van der Waals surface area contributed by atoms with Crippen molar-refractivity contribution in [3.05, 3.63) is 6.33 Å². The summed E-state index contributed by atoms with van der Waals surface area (Å²) in [6.45, 7) is 0.499. The van der Waals surface area contributed by atoms with E-state index in [1.54, 1.807) is 4.68 Å². The highest BCUT2D eigenvalue weighted by molar-refractivity contribution is 5.33. The Labute approximate surface area is 85.0 Å². The Bertz CT molecular complexity index is 422. The van der Waals surface area contributed by atoms with Crippen LogP contribution in [0.4, 0.5) is 5.95 Å². The van der Waals surface area contributed by atoms with Crippen LogP contribution in [0.3, 0.4) is 0 Å². The van der Waals surface area contributed by atoms with Gasteiger partial charge in [-0.3, -0.25) is 0 Å². The molecule has 7 heteroatoms. The van der Waals surface area contributed by atoms with E-state index in [9.17, 15) is 5.11 Å². The first-order chi connectivity index (χ1) is 7.26. The van der Waals surface area contributed by atoms with Crippen LogP contribution in [0.25, 0.3) is 0 Å². The number of rotatable bonds is 0. The highest BCUT2D eigenvalue weighted by Gasteiger charge is 2.57. The fourth-order valence-electron chi connectivity index (χ4n) is 2.55. The maximum Gasteiger partial charge on any atom is 0.223 e. The van der Waals surface area contributed by atoms with Gasteiger partial charge >= 0.3 is 0 Å². The van der Waals surface area contributed by atoms with Crippen LogP contribution in [0.5, 0.6) is 0 Å². The zero-order chi connectivity index (χ0) is 10.0. The smallest absolute Gasteiger partial charge is 0.223 e. The predicted octanol–water partition coefficient (Wildman–Crippen LogP) is -0.922. The van der Waals surface area contributed by atoms with Gasteiger partial charge in [-0.2, -0.15) is 10.1 Å². The van der Waals surface area contributed by atoms with Crippen molar-refractivity contribution in [3.8, 4) is 0 Å². The summed E-state index contributed by atoms with van der Waals surface area (Å²) in [6.07, 6.45) is 1.39. The van der Waals surface area contributed by atoms with Gasteiger partial charge in [0.2, 0.25) is 12.2 Å². The molecule has 2 fully saturated rings. The second kappa shape index (κ2) is 2.31. The van der Waals surface area contributed by atoms with E-state index < -0.39 is 12.0 Å². The molecule has 80 valence electrons. The topological polar surface area (TPSA) is 81.4 Å². The van der Waals surface area contributed by atoms with Crippen molar-refractivity contribution in [1.82, 2.24) is 14.8 Å². The van der Waals surface area contributed by atoms with E-state index in [1.807, 2.05) is 0 Å². The lowest BCUT2D eigenvalue weighted by molar-refractivity contribution is -0.215. The molecule has 1 aromatic heterocycles. The van der Waals surface area contributed by atoms with E-state index in [-0.39, 0.29) is 12.1 Å². The van der Waals surface area contributed by atoms with Gasteiger partial charge < -0.3 is 19.9 Å². The lowest BCUT2D eigenvalue weighted by Gasteiger charge is -2.44. The molecule has 4 heterocycles. The molecular formula is C8H10N4O3. The van der Waals surface area contributed by atoms with Crippen LogP contribution >= 0.6 is 0 Å². The van der Waals surface area contributed by atoms with Gasteiger partial charge in [-0.25, -0.2) is 4.68 Å². The molecule has 0 aliphatic carbocycles. The van der Waals surface area contributed by atoms with E-state index in [0.717, 1.165) is 0 Å². The van der Waals surface area contributed by atoms with Crippen molar-refractivity contribution >= 4 is 5.95 Å². The van der Waals surface area contributed by atoms with Gasteiger partial charge in [0.05, 0.1) is 12.6 Å². The molecule has 15 heavy (non-hydrogen) atoms. The molecule has 3 aliphatic rings. The summed E-state index contributed by atoms with van der Waals surface area (Å²) in [5.74, 6) is 0.581. The molecule has 4 rings (SSSR count). The van der Waals surface area contributed by atoms with Gasteiger partial charge in [0, 0.05) is 6.42 Å². The van der Waals surface area contributed by atoms with Crippen LogP contribution in [0.2, 0.25) is 0 Å². The van der Waals surface area contributed by atoms with E-state index in [2.05, 4.69) is 15.4 Å². The second-order valence-corrected chi connectivity index (χ2v) is 4.19. The van der Waals surface area contributed by atoms with E-state index >= 15 is 0 Å². The van der Waals surface area contributed by atoms with Crippen LogP contribution in [-0.4, -0.2) is 44.6 Å². The minimum absolute atomic E-state index is 0.00694. The molecule has 0 spiro atoms. The largest absolute Gasteiger partial charge is 0.366 e. The Balaban J connectivity index is 1.89. The summed E-state index contributed by atoms with van der Waals surface area (Å²) in [5.41, 5.74) is -1.17. The average Bonchev–Trinajstić information content (AvgIpc) is 2.80. The monoisotopic (exact) mass is 210 g/mol. The fraction of sp³-hybridized carbons (Fsp3) is 0.750. The summed E-state index contributed by atoms with van der Waals surface area (Å²) in [6, 6.07) is 0.00694. The van der Waals surface area contributed by atoms with Crippen molar-refractivity contribution < 1.29 is 14.6 Å². The second-order valence-electron chi connectivity index (χ2n) is 4.19. The molecule has 7 nitrogen and oxygen atoms in total. The first-order valence-electron chi connectivity index (χ1n) is 4.93. The molecule has 4 atom stereocenters. The van der Waals surface area contributed by atoms with Gasteiger partial charge in [0.15, 0.2) is 5.72 Å². The Morgan fingerprint density at radius 2 is 2.60 bits per heavy atom. The number of ether oxygens (including phenoxy) is 2. The summed E-state index contributed by atoms with van der Waals surface area (Å²) < 4.78 is 12.7. The molecule has 1 aromatic rings. The van der Waals surface area contributed by atoms with Crippen molar-refractivity contribution in [2.45, 2.75) is 30.6 Å². The number of aromatic nitrogens is 3. The first-order valence-corrected chi connectivity index (χ1v) is 4.93. The Morgan fingerprint density at radius 1 is 1.67 bits per heavy atom. The quantitative estimate of drug-likeness (QED) is 0.576. The zero-order valence-electron chi connectivity index (χ0n) is 7.83. The third kappa shape index (κ3) is 0.858. The van der Waals surface area contributed by atoms with Gasteiger partial charge in [0.1, 0.15) is 12.4 Å². The van der Waals surface area contributed by atoms with Crippen molar-refractivity contribution in [1.29, 1.82) is 0 Å². The number of hydrogen-bond acceptors (Lipinski definition) is 6. The number of anilines is 1. The fourth-order valence-corrected chi connectivity index (χ4v) is 2.55. The third-order valence-electron chi connectivity index (χ3n) is 3.27. The standard InChI is InChI=1S/C8H10N4O3/c13-8-1-4(5-2-14-6(8)15-5)12-7(11-8)9-3-10-12/h3-6,13H,1-2H2,(H,9,10,11)/t4-,5-,6+,8+/m0/s1. The maximum atomic E-state index is 10.3. The molecule has 0 saturated carbocycles. The molecule has 0 unspecified atom stereocenters. The minimum Gasteiger partial charge on any atom is -0.366 e. The maximum absolute atomic E-state index is 10.3.